The Morgan fingerprint density at radius 2 is 2.19 bits per heavy atom. The van der Waals surface area contributed by atoms with Crippen molar-refractivity contribution in [3.8, 4) is 11.6 Å². The molecular formula is C25H23ClN6O4. The van der Waals surface area contributed by atoms with Crippen LogP contribution in [0.2, 0.25) is 5.02 Å². The lowest BCUT2D eigenvalue weighted by atomic mass is 10.3. The molecule has 3 aromatic heterocycles. The lowest BCUT2D eigenvalue weighted by Crippen LogP contribution is -2.29. The molecule has 1 aliphatic heterocycles. The third-order valence-corrected chi connectivity index (χ3v) is 5.90. The number of nitrogens with one attached hydrogen (secondary N) is 1. The van der Waals surface area contributed by atoms with Crippen molar-refractivity contribution in [2.24, 2.45) is 0 Å². The van der Waals surface area contributed by atoms with Crippen molar-refractivity contribution in [1.29, 1.82) is 0 Å². The van der Waals surface area contributed by atoms with Crippen LogP contribution in [-0.4, -0.2) is 49.9 Å². The Hall–Kier alpha value is -4.18. The van der Waals surface area contributed by atoms with Crippen molar-refractivity contribution >= 4 is 40.0 Å². The van der Waals surface area contributed by atoms with Gasteiger partial charge in [0, 0.05) is 31.6 Å². The maximum absolute atomic E-state index is 11.8. The number of aryl methyl sites for hydroxylation is 1. The number of aromatic nitrogens is 4. The Kier molecular flexibility index (Phi) is 6.68. The highest BCUT2D eigenvalue weighted by Gasteiger charge is 2.26. The van der Waals surface area contributed by atoms with Gasteiger partial charge < -0.3 is 24.1 Å². The van der Waals surface area contributed by atoms with Crippen LogP contribution in [-0.2, 0) is 11.4 Å². The van der Waals surface area contributed by atoms with Crippen LogP contribution in [0.3, 0.4) is 0 Å². The van der Waals surface area contributed by atoms with Crippen LogP contribution in [0.1, 0.15) is 18.1 Å². The highest BCUT2D eigenvalue weighted by molar-refractivity contribution is 6.32. The summed E-state index contributed by atoms with van der Waals surface area (Å²) < 4.78 is 17.2. The number of halogens is 1. The Morgan fingerprint density at radius 3 is 2.97 bits per heavy atom. The van der Waals surface area contributed by atoms with Crippen LogP contribution in [0.5, 0.6) is 11.6 Å². The van der Waals surface area contributed by atoms with Gasteiger partial charge in [-0.05, 0) is 30.3 Å². The lowest BCUT2D eigenvalue weighted by molar-refractivity contribution is -0.125. The first kappa shape index (κ1) is 23.6. The Labute approximate surface area is 211 Å². The highest BCUT2D eigenvalue weighted by atomic mass is 35.5. The third kappa shape index (κ3) is 5.23. The molecule has 1 aromatic carbocycles. The van der Waals surface area contributed by atoms with Crippen LogP contribution >= 0.6 is 11.6 Å². The minimum absolute atomic E-state index is 0.101. The second-order valence-corrected chi connectivity index (χ2v) is 8.57. The zero-order valence-corrected chi connectivity index (χ0v) is 20.2. The first-order valence-corrected chi connectivity index (χ1v) is 11.7. The number of amides is 1. The summed E-state index contributed by atoms with van der Waals surface area (Å²) in [5.74, 6) is 2.53. The largest absolute Gasteiger partial charge is 0.484 e. The summed E-state index contributed by atoms with van der Waals surface area (Å²) >= 11 is 6.44. The molecule has 0 bridgehead atoms. The molecule has 1 atom stereocenters. The Balaban J connectivity index is 1.30. The number of carbonyl (C=O) groups is 1. The molecule has 4 aromatic rings. The van der Waals surface area contributed by atoms with Gasteiger partial charge in [0.05, 0.1) is 23.3 Å². The number of hydrogen-bond acceptors (Lipinski definition) is 9. The average molecular weight is 507 g/mol. The van der Waals surface area contributed by atoms with Gasteiger partial charge >= 0.3 is 0 Å². The predicted molar refractivity (Wildman–Crippen MR) is 133 cm³/mol. The number of anilines is 2. The summed E-state index contributed by atoms with van der Waals surface area (Å²) in [7, 11) is 0. The summed E-state index contributed by atoms with van der Waals surface area (Å²) in [6.45, 7) is 6.64. The molecule has 184 valence electrons. The number of rotatable bonds is 8. The molecule has 11 heteroatoms. The SMILES string of the molecule is C=CC(=O)N1CCC(Oc2ccc3ncnc(Nc4ccc(OCc5cnc(C)o5)c(Cl)c4)c3n2)C1. The standard InChI is InChI=1S/C25H23ClN6O4/c1-3-23(33)32-9-8-17(12-32)36-22-7-5-20-24(31-22)25(29-14-28-20)30-16-4-6-21(19(26)10-16)34-13-18-11-27-15(2)35-18/h3-7,10-11,14,17H,1,8-9,12-13H2,2H3,(H,28,29,30). The van der Waals surface area contributed by atoms with Crippen LogP contribution < -0.4 is 14.8 Å². The maximum Gasteiger partial charge on any atom is 0.246 e. The quantitative estimate of drug-likeness (QED) is 0.345. The van der Waals surface area contributed by atoms with Gasteiger partial charge in [-0.2, -0.15) is 0 Å². The number of ether oxygens (including phenoxy) is 2. The van der Waals surface area contributed by atoms with E-state index in [4.69, 9.17) is 25.5 Å². The summed E-state index contributed by atoms with van der Waals surface area (Å²) in [5, 5.41) is 3.66. The van der Waals surface area contributed by atoms with Gasteiger partial charge in [-0.15, -0.1) is 0 Å². The fraction of sp³-hybridized carbons (Fsp3) is 0.240. The molecule has 5 rings (SSSR count). The molecule has 0 aliphatic carbocycles. The van der Waals surface area contributed by atoms with E-state index in [9.17, 15) is 4.79 Å². The molecule has 1 unspecified atom stereocenters. The van der Waals surface area contributed by atoms with Crippen molar-refractivity contribution in [1.82, 2.24) is 24.8 Å². The van der Waals surface area contributed by atoms with E-state index in [0.29, 0.717) is 63.9 Å². The number of nitrogens with zero attached hydrogens (tertiary/aromatic N) is 5. The van der Waals surface area contributed by atoms with Crippen LogP contribution in [0.15, 0.2) is 59.9 Å². The average Bonchev–Trinajstić information content (AvgIpc) is 3.52. The number of benzene rings is 1. The van der Waals surface area contributed by atoms with Crippen LogP contribution in [0.25, 0.3) is 11.0 Å². The predicted octanol–water partition coefficient (Wildman–Crippen LogP) is 4.46. The molecule has 36 heavy (non-hydrogen) atoms. The number of pyridine rings is 1. The van der Waals surface area contributed by atoms with E-state index in [1.807, 2.05) is 12.1 Å². The van der Waals surface area contributed by atoms with Crippen LogP contribution in [0, 0.1) is 6.92 Å². The number of carbonyl (C=O) groups excluding carboxylic acids is 1. The summed E-state index contributed by atoms with van der Waals surface area (Å²) in [6.07, 6.45) is 4.97. The molecule has 1 amide bonds. The monoisotopic (exact) mass is 506 g/mol. The topological polar surface area (TPSA) is 116 Å². The number of oxazole rings is 1. The van der Waals surface area contributed by atoms with Crippen LogP contribution in [0.4, 0.5) is 11.5 Å². The second-order valence-electron chi connectivity index (χ2n) is 8.16. The molecule has 1 saturated heterocycles. The Morgan fingerprint density at radius 1 is 1.31 bits per heavy atom. The van der Waals surface area contributed by atoms with E-state index in [-0.39, 0.29) is 18.6 Å². The molecule has 1 N–H and O–H groups in total. The van der Waals surface area contributed by atoms with Crippen molar-refractivity contribution < 1.29 is 18.7 Å². The minimum atomic E-state index is -0.146. The molecular weight excluding hydrogens is 484 g/mol. The first-order valence-electron chi connectivity index (χ1n) is 11.3. The normalized spacial score (nSPS) is 15.2. The van der Waals surface area contributed by atoms with Crippen molar-refractivity contribution in [2.75, 3.05) is 18.4 Å². The summed E-state index contributed by atoms with van der Waals surface area (Å²) in [4.78, 5) is 30.9. The number of hydrogen-bond donors (Lipinski definition) is 1. The van der Waals surface area contributed by atoms with Gasteiger partial charge in [-0.1, -0.05) is 18.2 Å². The zero-order valence-electron chi connectivity index (χ0n) is 19.5. The van der Waals surface area contributed by atoms with Crippen molar-refractivity contribution in [3.63, 3.8) is 0 Å². The van der Waals surface area contributed by atoms with E-state index >= 15 is 0 Å². The second kappa shape index (κ2) is 10.2. The lowest BCUT2D eigenvalue weighted by Gasteiger charge is -2.15. The van der Waals surface area contributed by atoms with E-state index in [0.717, 1.165) is 6.42 Å². The highest BCUT2D eigenvalue weighted by Crippen LogP contribution is 2.31. The van der Waals surface area contributed by atoms with Gasteiger partial charge in [0.1, 0.15) is 30.3 Å². The minimum Gasteiger partial charge on any atom is -0.484 e. The van der Waals surface area contributed by atoms with Crippen molar-refractivity contribution in [3.05, 3.63) is 72.2 Å². The smallest absolute Gasteiger partial charge is 0.246 e. The first-order chi connectivity index (χ1) is 17.5. The number of likely N-dealkylation sites (tertiary alicyclic amines) is 1. The van der Waals surface area contributed by atoms with Gasteiger partial charge in [0.25, 0.3) is 0 Å². The van der Waals surface area contributed by atoms with E-state index in [1.165, 1.54) is 12.4 Å². The van der Waals surface area contributed by atoms with Gasteiger partial charge in [-0.3, -0.25) is 4.79 Å². The van der Waals surface area contributed by atoms with E-state index in [1.54, 1.807) is 36.2 Å². The molecule has 0 radical (unpaired) electrons. The molecule has 0 saturated carbocycles. The fourth-order valence-corrected chi connectivity index (χ4v) is 4.09. The van der Waals surface area contributed by atoms with Crippen molar-refractivity contribution in [2.45, 2.75) is 26.1 Å². The molecule has 1 aliphatic rings. The Bertz CT molecular complexity index is 1420. The van der Waals surface area contributed by atoms with Gasteiger partial charge in [0.15, 0.2) is 17.5 Å². The van der Waals surface area contributed by atoms with Gasteiger partial charge in [-0.25, -0.2) is 19.9 Å². The molecule has 1 fully saturated rings. The van der Waals surface area contributed by atoms with E-state index < -0.39 is 0 Å². The third-order valence-electron chi connectivity index (χ3n) is 5.61. The number of fused-ring (bicyclic) bond motifs is 1. The van der Waals surface area contributed by atoms with Gasteiger partial charge in [0.2, 0.25) is 11.8 Å². The molecule has 0 spiro atoms. The summed E-state index contributed by atoms with van der Waals surface area (Å²) in [6, 6.07) is 8.90. The van der Waals surface area contributed by atoms with E-state index in [2.05, 4.69) is 31.8 Å². The summed E-state index contributed by atoms with van der Waals surface area (Å²) in [5.41, 5.74) is 1.90. The molecule has 4 heterocycles. The zero-order chi connectivity index (χ0) is 25.1. The fourth-order valence-electron chi connectivity index (χ4n) is 3.86. The molecule has 10 nitrogen and oxygen atoms in total. The maximum atomic E-state index is 11.8.